The van der Waals surface area contributed by atoms with E-state index in [4.69, 9.17) is 0 Å². The molecule has 0 aliphatic heterocycles. The van der Waals surface area contributed by atoms with Crippen LogP contribution in [-0.2, 0) is 6.54 Å². The lowest BCUT2D eigenvalue weighted by Crippen LogP contribution is -2.26. The summed E-state index contributed by atoms with van der Waals surface area (Å²) >= 11 is 0. The highest BCUT2D eigenvalue weighted by Gasteiger charge is 2.17. The highest BCUT2D eigenvalue weighted by atomic mass is 19.1. The van der Waals surface area contributed by atoms with E-state index in [-0.39, 0.29) is 17.4 Å². The van der Waals surface area contributed by atoms with Crippen LogP contribution in [0.4, 0.5) is 4.39 Å². The van der Waals surface area contributed by atoms with Crippen molar-refractivity contribution in [2.75, 3.05) is 7.05 Å². The summed E-state index contributed by atoms with van der Waals surface area (Å²) in [5.74, 6) is 0.346. The lowest BCUT2D eigenvalue weighted by atomic mass is 10.1. The van der Waals surface area contributed by atoms with Crippen LogP contribution in [0.5, 0.6) is 0 Å². The number of benzene rings is 2. The average Bonchev–Trinajstić information content (AvgIpc) is 2.56. The molecule has 118 valence electrons. The Kier molecular flexibility index (Phi) is 4.21. The van der Waals surface area contributed by atoms with Crippen LogP contribution in [0.25, 0.3) is 10.9 Å². The van der Waals surface area contributed by atoms with Crippen LogP contribution in [0.1, 0.15) is 24.4 Å². The summed E-state index contributed by atoms with van der Waals surface area (Å²) in [6, 6.07) is 13.8. The molecule has 4 nitrogen and oxygen atoms in total. The van der Waals surface area contributed by atoms with E-state index in [1.807, 2.05) is 43.1 Å². The molecule has 5 heteroatoms. The van der Waals surface area contributed by atoms with Crippen LogP contribution in [0, 0.1) is 5.82 Å². The quantitative estimate of drug-likeness (QED) is 0.804. The lowest BCUT2D eigenvalue weighted by molar-refractivity contribution is 0.240. The van der Waals surface area contributed by atoms with Crippen molar-refractivity contribution in [3.63, 3.8) is 0 Å². The summed E-state index contributed by atoms with van der Waals surface area (Å²) < 4.78 is 13.8. The van der Waals surface area contributed by atoms with Crippen LogP contribution in [0.2, 0.25) is 0 Å². The van der Waals surface area contributed by atoms with Gasteiger partial charge in [-0.1, -0.05) is 30.3 Å². The minimum absolute atomic E-state index is 0.146. The Morgan fingerprint density at radius 3 is 2.65 bits per heavy atom. The van der Waals surface area contributed by atoms with Crippen LogP contribution in [0.3, 0.4) is 0 Å². The van der Waals surface area contributed by atoms with Crippen molar-refractivity contribution < 1.29 is 4.39 Å². The summed E-state index contributed by atoms with van der Waals surface area (Å²) in [6.45, 7) is 2.37. The van der Waals surface area contributed by atoms with Crippen LogP contribution < -0.4 is 5.56 Å². The highest BCUT2D eigenvalue weighted by Crippen LogP contribution is 2.19. The van der Waals surface area contributed by atoms with Crippen LogP contribution in [-0.4, -0.2) is 21.9 Å². The number of aromatic amines is 1. The van der Waals surface area contributed by atoms with Crippen molar-refractivity contribution >= 4 is 10.9 Å². The van der Waals surface area contributed by atoms with Gasteiger partial charge in [-0.05, 0) is 32.2 Å². The van der Waals surface area contributed by atoms with E-state index in [2.05, 4.69) is 9.97 Å². The number of para-hydroxylation sites is 1. The normalized spacial score (nSPS) is 12.7. The third-order valence-corrected chi connectivity index (χ3v) is 4.07. The number of halogens is 1. The molecule has 1 N–H and O–H groups in total. The molecule has 23 heavy (non-hydrogen) atoms. The molecule has 0 radical (unpaired) electrons. The van der Waals surface area contributed by atoms with Gasteiger partial charge in [-0.15, -0.1) is 0 Å². The topological polar surface area (TPSA) is 49.0 Å². The summed E-state index contributed by atoms with van der Waals surface area (Å²) in [4.78, 5) is 21.5. The lowest BCUT2D eigenvalue weighted by Gasteiger charge is -2.24. The molecule has 0 bridgehead atoms. The average molecular weight is 311 g/mol. The van der Waals surface area contributed by atoms with Gasteiger partial charge in [0.2, 0.25) is 0 Å². The molecular formula is C18H18FN3O. The van der Waals surface area contributed by atoms with E-state index in [0.29, 0.717) is 28.8 Å². The standard InChI is InChI=1S/C18H18FN3O/c1-12(22(2)11-13-7-3-5-9-15(13)19)17-20-16-10-6-4-8-14(16)18(23)21-17/h3-10,12H,11H2,1-2H3,(H,20,21,23)/t12-/m1/s1. The molecule has 0 saturated carbocycles. The molecular weight excluding hydrogens is 293 g/mol. The third kappa shape index (κ3) is 3.14. The molecule has 0 saturated heterocycles. The first-order valence-electron chi connectivity index (χ1n) is 7.49. The van der Waals surface area contributed by atoms with Gasteiger partial charge in [-0.25, -0.2) is 9.37 Å². The number of fused-ring (bicyclic) bond motifs is 1. The molecule has 0 aliphatic carbocycles. The third-order valence-electron chi connectivity index (χ3n) is 4.07. The second-order valence-electron chi connectivity index (χ2n) is 5.65. The van der Waals surface area contributed by atoms with E-state index >= 15 is 0 Å². The zero-order chi connectivity index (χ0) is 16.4. The van der Waals surface area contributed by atoms with Gasteiger partial charge in [0.05, 0.1) is 16.9 Å². The van der Waals surface area contributed by atoms with Crippen molar-refractivity contribution in [2.45, 2.75) is 19.5 Å². The predicted molar refractivity (Wildman–Crippen MR) is 88.6 cm³/mol. The van der Waals surface area contributed by atoms with E-state index in [0.717, 1.165) is 0 Å². The van der Waals surface area contributed by atoms with Gasteiger partial charge in [0, 0.05) is 12.1 Å². The second kappa shape index (κ2) is 6.30. The Balaban J connectivity index is 1.89. The fourth-order valence-corrected chi connectivity index (χ4v) is 2.54. The van der Waals surface area contributed by atoms with Crippen LogP contribution in [0.15, 0.2) is 53.3 Å². The van der Waals surface area contributed by atoms with Crippen molar-refractivity contribution in [2.24, 2.45) is 0 Å². The maximum absolute atomic E-state index is 13.8. The molecule has 3 rings (SSSR count). The van der Waals surface area contributed by atoms with Crippen molar-refractivity contribution in [1.29, 1.82) is 0 Å². The number of rotatable bonds is 4. The zero-order valence-corrected chi connectivity index (χ0v) is 13.1. The largest absolute Gasteiger partial charge is 0.309 e. The number of H-pyrrole nitrogens is 1. The highest BCUT2D eigenvalue weighted by molar-refractivity contribution is 5.77. The van der Waals surface area contributed by atoms with E-state index in [9.17, 15) is 9.18 Å². The first kappa shape index (κ1) is 15.4. The monoisotopic (exact) mass is 311 g/mol. The van der Waals surface area contributed by atoms with E-state index in [1.165, 1.54) is 6.07 Å². The molecule has 0 unspecified atom stereocenters. The van der Waals surface area contributed by atoms with Gasteiger partial charge < -0.3 is 4.98 Å². The van der Waals surface area contributed by atoms with E-state index < -0.39 is 0 Å². The molecule has 0 amide bonds. The number of hydrogen-bond acceptors (Lipinski definition) is 3. The summed E-state index contributed by atoms with van der Waals surface area (Å²) in [7, 11) is 1.88. The Labute approximate surface area is 133 Å². The summed E-state index contributed by atoms with van der Waals surface area (Å²) in [6.07, 6.45) is 0. The van der Waals surface area contributed by atoms with Crippen molar-refractivity contribution in [3.8, 4) is 0 Å². The summed E-state index contributed by atoms with van der Waals surface area (Å²) in [5, 5.41) is 0.570. The SMILES string of the molecule is C[C@H](c1nc2ccccc2c(=O)[nH]1)N(C)Cc1ccccc1F. The fraction of sp³-hybridized carbons (Fsp3) is 0.222. The number of aromatic nitrogens is 2. The molecule has 1 atom stereocenters. The maximum Gasteiger partial charge on any atom is 0.258 e. The first-order chi connectivity index (χ1) is 11.1. The molecule has 3 aromatic rings. The van der Waals surface area contributed by atoms with Gasteiger partial charge in [-0.3, -0.25) is 9.69 Å². The van der Waals surface area contributed by atoms with Gasteiger partial charge >= 0.3 is 0 Å². The number of nitrogens with zero attached hydrogens (tertiary/aromatic N) is 2. The Hall–Kier alpha value is -2.53. The Bertz CT molecular complexity index is 891. The zero-order valence-electron chi connectivity index (χ0n) is 13.1. The minimum Gasteiger partial charge on any atom is -0.309 e. The molecule has 1 aromatic heterocycles. The molecule has 1 heterocycles. The second-order valence-corrected chi connectivity index (χ2v) is 5.65. The maximum atomic E-state index is 13.8. The van der Waals surface area contributed by atoms with Crippen molar-refractivity contribution in [1.82, 2.24) is 14.9 Å². The van der Waals surface area contributed by atoms with Gasteiger partial charge in [0.25, 0.3) is 5.56 Å². The molecule has 0 spiro atoms. The Morgan fingerprint density at radius 1 is 1.17 bits per heavy atom. The molecule has 0 fully saturated rings. The smallest absolute Gasteiger partial charge is 0.258 e. The number of hydrogen-bond donors (Lipinski definition) is 1. The Morgan fingerprint density at radius 2 is 1.87 bits per heavy atom. The molecule has 2 aromatic carbocycles. The van der Waals surface area contributed by atoms with E-state index in [1.54, 1.807) is 18.2 Å². The molecule has 0 aliphatic rings. The van der Waals surface area contributed by atoms with Crippen LogP contribution >= 0.6 is 0 Å². The van der Waals surface area contributed by atoms with Gasteiger partial charge in [0.1, 0.15) is 11.6 Å². The van der Waals surface area contributed by atoms with Crippen molar-refractivity contribution in [3.05, 3.63) is 76.1 Å². The fourth-order valence-electron chi connectivity index (χ4n) is 2.54. The first-order valence-corrected chi connectivity index (χ1v) is 7.49. The van der Waals surface area contributed by atoms with Gasteiger partial charge in [0.15, 0.2) is 0 Å². The van der Waals surface area contributed by atoms with Gasteiger partial charge in [-0.2, -0.15) is 0 Å². The number of nitrogens with one attached hydrogen (secondary N) is 1. The minimum atomic E-state index is -0.230. The predicted octanol–water partition coefficient (Wildman–Crippen LogP) is 3.26. The summed E-state index contributed by atoms with van der Waals surface area (Å²) in [5.41, 5.74) is 1.12.